The zero-order valence-corrected chi connectivity index (χ0v) is 11.4. The highest BCUT2D eigenvalue weighted by Gasteiger charge is 2.21. The van der Waals surface area contributed by atoms with Gasteiger partial charge in [-0.3, -0.25) is 0 Å². The average molecular weight is 270 g/mol. The van der Waals surface area contributed by atoms with Crippen molar-refractivity contribution < 1.29 is 0 Å². The maximum absolute atomic E-state index is 4.61. The van der Waals surface area contributed by atoms with E-state index in [0.717, 1.165) is 25.5 Å². The normalized spacial score (nSPS) is 20.3. The van der Waals surface area contributed by atoms with Gasteiger partial charge in [-0.25, -0.2) is 0 Å². The first kappa shape index (κ1) is 12.6. The van der Waals surface area contributed by atoms with Gasteiger partial charge in [0.1, 0.15) is 5.82 Å². The fourth-order valence-corrected chi connectivity index (χ4v) is 3.02. The zero-order valence-electron chi connectivity index (χ0n) is 9.72. The highest BCUT2D eigenvalue weighted by molar-refractivity contribution is 7.13. The fraction of sp³-hybridized carbons (Fsp3) is 0.417. The van der Waals surface area contributed by atoms with Crippen LogP contribution in [0.2, 0.25) is 0 Å². The van der Waals surface area contributed by atoms with Crippen LogP contribution in [0, 0.1) is 0 Å². The quantitative estimate of drug-likeness (QED) is 0.862. The van der Waals surface area contributed by atoms with Crippen LogP contribution in [0.4, 0.5) is 5.82 Å². The summed E-state index contributed by atoms with van der Waals surface area (Å²) in [4.78, 5) is 2.41. The van der Waals surface area contributed by atoms with Crippen LogP contribution in [-0.4, -0.2) is 30.0 Å². The predicted molar refractivity (Wildman–Crippen MR) is 76.5 cm³/mol. The zero-order chi connectivity index (χ0) is 11.0. The van der Waals surface area contributed by atoms with E-state index in [1.807, 2.05) is 0 Å². The maximum atomic E-state index is 4.61. The molecular formula is C12H16ClN3S. The predicted octanol–water partition coefficient (Wildman–Crippen LogP) is 2.52. The van der Waals surface area contributed by atoms with Gasteiger partial charge >= 0.3 is 0 Å². The molecule has 92 valence electrons. The van der Waals surface area contributed by atoms with E-state index in [1.54, 1.807) is 11.5 Å². The summed E-state index contributed by atoms with van der Waals surface area (Å²) in [5.41, 5.74) is 0. The van der Waals surface area contributed by atoms with Crippen LogP contribution in [0.5, 0.6) is 0 Å². The molecule has 1 N–H and O–H groups in total. The van der Waals surface area contributed by atoms with E-state index in [0.29, 0.717) is 6.04 Å². The molecule has 17 heavy (non-hydrogen) atoms. The number of benzene rings is 1. The summed E-state index contributed by atoms with van der Waals surface area (Å²) in [5, 5.41) is 4.70. The summed E-state index contributed by atoms with van der Waals surface area (Å²) in [7, 11) is 0. The van der Waals surface area contributed by atoms with Crippen molar-refractivity contribution in [2.24, 2.45) is 0 Å². The Balaban J connectivity index is 0.00000108. The molecule has 3 nitrogen and oxygen atoms in total. The van der Waals surface area contributed by atoms with Crippen LogP contribution < -0.4 is 10.2 Å². The molecule has 1 aromatic carbocycles. The third-order valence-corrected chi connectivity index (χ3v) is 3.95. The number of fused-ring (bicyclic) bond motifs is 1. The Hall–Kier alpha value is -0.840. The second-order valence-electron chi connectivity index (χ2n) is 4.25. The molecule has 0 spiro atoms. The van der Waals surface area contributed by atoms with Crippen LogP contribution in [0.15, 0.2) is 24.3 Å². The van der Waals surface area contributed by atoms with Gasteiger partial charge in [-0.05, 0) is 30.6 Å². The minimum Gasteiger partial charge on any atom is -0.350 e. The molecule has 5 heteroatoms. The molecule has 1 aliphatic heterocycles. The third kappa shape index (κ3) is 2.25. The minimum atomic E-state index is 0. The van der Waals surface area contributed by atoms with E-state index < -0.39 is 0 Å². The lowest BCUT2D eigenvalue weighted by Gasteiger charge is -2.34. The summed E-state index contributed by atoms with van der Waals surface area (Å²) in [6, 6.07) is 9.00. The molecule has 0 amide bonds. The number of hydrogen-bond donors (Lipinski definition) is 1. The number of hydrogen-bond acceptors (Lipinski definition) is 4. The second-order valence-corrected chi connectivity index (χ2v) is 5.05. The first-order valence-corrected chi connectivity index (χ1v) is 6.45. The smallest absolute Gasteiger partial charge is 0.150 e. The molecular weight excluding hydrogens is 254 g/mol. The van der Waals surface area contributed by atoms with Crippen LogP contribution in [-0.2, 0) is 0 Å². The van der Waals surface area contributed by atoms with Crippen LogP contribution >= 0.6 is 23.9 Å². The third-order valence-electron chi connectivity index (χ3n) is 3.13. The van der Waals surface area contributed by atoms with Crippen LogP contribution in [0.25, 0.3) is 10.1 Å². The van der Waals surface area contributed by atoms with Gasteiger partial charge in [-0.15, -0.1) is 12.4 Å². The first-order chi connectivity index (χ1) is 7.86. The monoisotopic (exact) mass is 269 g/mol. The standard InChI is InChI=1S/C12H15N3S.ClH/c1-9-8-13-6-7-15(9)12-10-4-2-3-5-11(10)16-14-12;/h2-5,9,13H,6-8H2,1H3;1H. The molecule has 0 saturated carbocycles. The minimum absolute atomic E-state index is 0. The second kappa shape index (κ2) is 5.21. The van der Waals surface area contributed by atoms with Gasteiger partial charge in [0.2, 0.25) is 0 Å². The molecule has 2 aromatic rings. The Morgan fingerprint density at radius 2 is 2.24 bits per heavy atom. The highest BCUT2D eigenvalue weighted by atomic mass is 35.5. The molecule has 1 aromatic heterocycles. The summed E-state index contributed by atoms with van der Waals surface area (Å²) < 4.78 is 5.89. The number of nitrogens with one attached hydrogen (secondary N) is 1. The lowest BCUT2D eigenvalue weighted by atomic mass is 10.2. The van der Waals surface area contributed by atoms with Gasteiger partial charge in [0.15, 0.2) is 0 Å². The van der Waals surface area contributed by atoms with Gasteiger partial charge in [0, 0.05) is 31.1 Å². The molecule has 2 heterocycles. The Bertz CT molecular complexity index is 499. The number of halogens is 1. The number of anilines is 1. The molecule has 1 saturated heterocycles. The fourth-order valence-electron chi connectivity index (χ4n) is 2.24. The lowest BCUT2D eigenvalue weighted by molar-refractivity contribution is 0.499. The lowest BCUT2D eigenvalue weighted by Crippen LogP contribution is -2.50. The van der Waals surface area contributed by atoms with Crippen LogP contribution in [0.3, 0.4) is 0 Å². The number of piperazine rings is 1. The first-order valence-electron chi connectivity index (χ1n) is 5.68. The molecule has 0 radical (unpaired) electrons. The van der Waals surface area contributed by atoms with Crippen molar-refractivity contribution in [1.82, 2.24) is 9.69 Å². The van der Waals surface area contributed by atoms with E-state index in [-0.39, 0.29) is 12.4 Å². The summed E-state index contributed by atoms with van der Waals surface area (Å²) in [6.45, 7) is 5.40. The SMILES string of the molecule is CC1CNCCN1c1nsc2ccccc12.Cl. The summed E-state index contributed by atoms with van der Waals surface area (Å²) >= 11 is 1.60. The Kier molecular flexibility index (Phi) is 3.86. The molecule has 3 rings (SSSR count). The van der Waals surface area contributed by atoms with Crippen molar-refractivity contribution in [1.29, 1.82) is 0 Å². The van der Waals surface area contributed by atoms with Gasteiger partial charge in [0.25, 0.3) is 0 Å². The van der Waals surface area contributed by atoms with Crippen molar-refractivity contribution in [3.8, 4) is 0 Å². The van der Waals surface area contributed by atoms with Gasteiger partial charge < -0.3 is 10.2 Å². The van der Waals surface area contributed by atoms with Gasteiger partial charge in [-0.1, -0.05) is 12.1 Å². The van der Waals surface area contributed by atoms with Crippen molar-refractivity contribution in [2.45, 2.75) is 13.0 Å². The van der Waals surface area contributed by atoms with E-state index in [1.165, 1.54) is 10.1 Å². The molecule has 0 bridgehead atoms. The average Bonchev–Trinajstić information content (AvgIpc) is 2.74. The Labute approximate surface area is 111 Å². The summed E-state index contributed by atoms with van der Waals surface area (Å²) in [5.74, 6) is 1.16. The van der Waals surface area contributed by atoms with Crippen molar-refractivity contribution >= 4 is 39.8 Å². The van der Waals surface area contributed by atoms with Crippen molar-refractivity contribution in [3.63, 3.8) is 0 Å². The number of aromatic nitrogens is 1. The summed E-state index contributed by atoms with van der Waals surface area (Å²) in [6.07, 6.45) is 0. The number of rotatable bonds is 1. The number of nitrogens with zero attached hydrogens (tertiary/aromatic N) is 2. The maximum Gasteiger partial charge on any atom is 0.150 e. The molecule has 1 aliphatic rings. The van der Waals surface area contributed by atoms with Crippen molar-refractivity contribution in [2.75, 3.05) is 24.5 Å². The van der Waals surface area contributed by atoms with E-state index in [2.05, 4.69) is 45.8 Å². The molecule has 0 aliphatic carbocycles. The molecule has 1 unspecified atom stereocenters. The van der Waals surface area contributed by atoms with E-state index in [4.69, 9.17) is 0 Å². The Morgan fingerprint density at radius 3 is 3.06 bits per heavy atom. The largest absolute Gasteiger partial charge is 0.350 e. The Morgan fingerprint density at radius 1 is 1.41 bits per heavy atom. The van der Waals surface area contributed by atoms with E-state index in [9.17, 15) is 0 Å². The topological polar surface area (TPSA) is 28.2 Å². The highest BCUT2D eigenvalue weighted by Crippen LogP contribution is 2.30. The van der Waals surface area contributed by atoms with Crippen molar-refractivity contribution in [3.05, 3.63) is 24.3 Å². The van der Waals surface area contributed by atoms with E-state index >= 15 is 0 Å². The van der Waals surface area contributed by atoms with Crippen LogP contribution in [0.1, 0.15) is 6.92 Å². The van der Waals surface area contributed by atoms with Gasteiger partial charge in [-0.2, -0.15) is 4.37 Å². The van der Waals surface area contributed by atoms with Gasteiger partial charge in [0.05, 0.1) is 4.70 Å². The molecule has 1 fully saturated rings. The molecule has 1 atom stereocenters.